The highest BCUT2D eigenvalue weighted by molar-refractivity contribution is 5.77. The Balaban J connectivity index is 2.23. The molecule has 4 heteroatoms. The van der Waals surface area contributed by atoms with Crippen molar-refractivity contribution in [2.24, 2.45) is 5.73 Å². The van der Waals surface area contributed by atoms with Gasteiger partial charge in [0.15, 0.2) is 0 Å². The number of carbonyl (C=O) groups excluding carboxylic acids is 1. The van der Waals surface area contributed by atoms with Crippen molar-refractivity contribution in [1.29, 1.82) is 0 Å². The van der Waals surface area contributed by atoms with Gasteiger partial charge in [-0.15, -0.1) is 0 Å². The third-order valence-corrected chi connectivity index (χ3v) is 3.56. The Morgan fingerprint density at radius 2 is 2.11 bits per heavy atom. The minimum Gasteiger partial charge on any atom is -0.367 e. The van der Waals surface area contributed by atoms with E-state index in [2.05, 4.69) is 12.2 Å². The summed E-state index contributed by atoms with van der Waals surface area (Å²) >= 11 is 0. The van der Waals surface area contributed by atoms with E-state index < -0.39 is 0 Å². The molecule has 0 aliphatic heterocycles. The molecular formula is C14H28N2O2. The average molecular weight is 256 g/mol. The van der Waals surface area contributed by atoms with Gasteiger partial charge in [0.25, 0.3) is 0 Å². The van der Waals surface area contributed by atoms with Gasteiger partial charge in [-0.2, -0.15) is 0 Å². The summed E-state index contributed by atoms with van der Waals surface area (Å²) in [6.07, 6.45) is 7.71. The van der Waals surface area contributed by atoms with Gasteiger partial charge in [0, 0.05) is 12.1 Å². The lowest BCUT2D eigenvalue weighted by Crippen LogP contribution is -2.40. The van der Waals surface area contributed by atoms with E-state index in [4.69, 9.17) is 10.5 Å². The molecule has 3 atom stereocenters. The number of ether oxygens (including phenoxy) is 1. The number of hydrogen-bond donors (Lipinski definition) is 2. The molecule has 0 heterocycles. The van der Waals surface area contributed by atoms with E-state index in [0.717, 1.165) is 32.1 Å². The fraction of sp³-hybridized carbons (Fsp3) is 0.929. The lowest BCUT2D eigenvalue weighted by molar-refractivity contribution is -0.128. The van der Waals surface area contributed by atoms with Crippen molar-refractivity contribution in [3.05, 3.63) is 0 Å². The Kier molecular flexibility index (Phi) is 7.28. The first-order valence-corrected chi connectivity index (χ1v) is 7.30. The summed E-state index contributed by atoms with van der Waals surface area (Å²) in [4.78, 5) is 11.7. The molecule has 106 valence electrons. The van der Waals surface area contributed by atoms with Crippen LogP contribution in [0.25, 0.3) is 0 Å². The highest BCUT2D eigenvalue weighted by Crippen LogP contribution is 2.19. The molecule has 0 aromatic heterocycles. The third kappa shape index (κ3) is 5.83. The molecule has 3 N–H and O–H groups in total. The Labute approximate surface area is 111 Å². The standard InChI is InChI=1S/C14H28N2O2/c1-3-7-11(2)16-14(17)10-18-13-9-6-4-5-8-12(13)15/h11-13H,3-10,15H2,1-2H3,(H,16,17). The van der Waals surface area contributed by atoms with Crippen LogP contribution in [0.15, 0.2) is 0 Å². The van der Waals surface area contributed by atoms with Gasteiger partial charge in [-0.3, -0.25) is 4.79 Å². The Hall–Kier alpha value is -0.610. The van der Waals surface area contributed by atoms with Crippen LogP contribution in [-0.2, 0) is 9.53 Å². The van der Waals surface area contributed by atoms with E-state index in [1.165, 1.54) is 12.8 Å². The molecule has 1 amide bonds. The molecule has 0 aromatic carbocycles. The highest BCUT2D eigenvalue weighted by atomic mass is 16.5. The summed E-state index contributed by atoms with van der Waals surface area (Å²) in [6.45, 7) is 4.29. The van der Waals surface area contributed by atoms with Gasteiger partial charge in [0.1, 0.15) is 6.61 Å². The predicted octanol–water partition coefficient (Wildman–Crippen LogP) is 1.97. The molecule has 0 bridgehead atoms. The first kappa shape index (κ1) is 15.4. The number of carbonyl (C=O) groups is 1. The number of nitrogens with one attached hydrogen (secondary N) is 1. The van der Waals surface area contributed by atoms with Crippen LogP contribution >= 0.6 is 0 Å². The van der Waals surface area contributed by atoms with Gasteiger partial charge < -0.3 is 15.8 Å². The molecular weight excluding hydrogens is 228 g/mol. The Morgan fingerprint density at radius 1 is 1.39 bits per heavy atom. The van der Waals surface area contributed by atoms with Crippen LogP contribution in [0.4, 0.5) is 0 Å². The van der Waals surface area contributed by atoms with Crippen molar-refractivity contribution in [1.82, 2.24) is 5.32 Å². The Bertz CT molecular complexity index is 246. The maximum Gasteiger partial charge on any atom is 0.246 e. The highest BCUT2D eigenvalue weighted by Gasteiger charge is 2.21. The van der Waals surface area contributed by atoms with Crippen molar-refractivity contribution in [3.8, 4) is 0 Å². The van der Waals surface area contributed by atoms with Crippen molar-refractivity contribution < 1.29 is 9.53 Å². The van der Waals surface area contributed by atoms with Crippen molar-refractivity contribution in [3.63, 3.8) is 0 Å². The van der Waals surface area contributed by atoms with Gasteiger partial charge in [-0.05, 0) is 26.2 Å². The monoisotopic (exact) mass is 256 g/mol. The van der Waals surface area contributed by atoms with Crippen molar-refractivity contribution in [2.75, 3.05) is 6.61 Å². The van der Waals surface area contributed by atoms with Crippen LogP contribution in [0.1, 0.15) is 58.8 Å². The molecule has 0 aromatic rings. The fourth-order valence-electron chi connectivity index (χ4n) is 2.51. The lowest BCUT2D eigenvalue weighted by Gasteiger charge is -2.22. The molecule has 1 rings (SSSR count). The van der Waals surface area contributed by atoms with Crippen molar-refractivity contribution in [2.45, 2.75) is 77.0 Å². The zero-order valence-corrected chi connectivity index (χ0v) is 11.8. The third-order valence-electron chi connectivity index (χ3n) is 3.56. The number of amides is 1. The molecule has 0 radical (unpaired) electrons. The van der Waals surface area contributed by atoms with E-state index in [9.17, 15) is 4.79 Å². The largest absolute Gasteiger partial charge is 0.367 e. The molecule has 1 saturated carbocycles. The number of nitrogens with two attached hydrogens (primary N) is 1. The molecule has 1 aliphatic rings. The first-order chi connectivity index (χ1) is 8.63. The molecule has 0 spiro atoms. The molecule has 0 saturated heterocycles. The second-order valence-corrected chi connectivity index (χ2v) is 5.41. The number of hydrogen-bond acceptors (Lipinski definition) is 3. The van der Waals surface area contributed by atoms with E-state index in [-0.39, 0.29) is 30.7 Å². The van der Waals surface area contributed by atoms with Crippen LogP contribution in [0, 0.1) is 0 Å². The molecule has 1 aliphatic carbocycles. The normalized spacial score (nSPS) is 26.4. The quantitative estimate of drug-likeness (QED) is 0.714. The summed E-state index contributed by atoms with van der Waals surface area (Å²) in [5, 5.41) is 2.95. The summed E-state index contributed by atoms with van der Waals surface area (Å²) < 4.78 is 5.68. The van der Waals surface area contributed by atoms with Gasteiger partial charge in [-0.1, -0.05) is 32.6 Å². The van der Waals surface area contributed by atoms with Crippen molar-refractivity contribution >= 4 is 5.91 Å². The van der Waals surface area contributed by atoms with E-state index in [1.807, 2.05) is 6.92 Å². The second-order valence-electron chi connectivity index (χ2n) is 5.41. The average Bonchev–Trinajstić information content (AvgIpc) is 2.51. The van der Waals surface area contributed by atoms with Crippen LogP contribution in [0.3, 0.4) is 0 Å². The van der Waals surface area contributed by atoms with Gasteiger partial charge >= 0.3 is 0 Å². The fourth-order valence-corrected chi connectivity index (χ4v) is 2.51. The number of rotatable bonds is 6. The molecule has 3 unspecified atom stereocenters. The second kappa shape index (κ2) is 8.48. The maximum absolute atomic E-state index is 11.7. The molecule has 4 nitrogen and oxygen atoms in total. The Morgan fingerprint density at radius 3 is 2.83 bits per heavy atom. The zero-order chi connectivity index (χ0) is 13.4. The lowest BCUT2D eigenvalue weighted by atomic mass is 10.1. The zero-order valence-electron chi connectivity index (χ0n) is 11.8. The maximum atomic E-state index is 11.7. The SMILES string of the molecule is CCCC(C)NC(=O)COC1CCCCCC1N. The minimum atomic E-state index is -0.0209. The summed E-state index contributed by atoms with van der Waals surface area (Å²) in [7, 11) is 0. The van der Waals surface area contributed by atoms with Crippen LogP contribution in [0.2, 0.25) is 0 Å². The topological polar surface area (TPSA) is 64.3 Å². The van der Waals surface area contributed by atoms with Gasteiger partial charge in [0.2, 0.25) is 5.91 Å². The summed E-state index contributed by atoms with van der Waals surface area (Å²) in [5.41, 5.74) is 6.06. The van der Waals surface area contributed by atoms with E-state index in [1.54, 1.807) is 0 Å². The smallest absolute Gasteiger partial charge is 0.246 e. The molecule has 18 heavy (non-hydrogen) atoms. The first-order valence-electron chi connectivity index (χ1n) is 7.30. The van der Waals surface area contributed by atoms with Crippen LogP contribution < -0.4 is 11.1 Å². The minimum absolute atomic E-state index is 0.0209. The van der Waals surface area contributed by atoms with Crippen LogP contribution in [-0.4, -0.2) is 30.7 Å². The van der Waals surface area contributed by atoms with Gasteiger partial charge in [0.05, 0.1) is 6.10 Å². The van der Waals surface area contributed by atoms with E-state index >= 15 is 0 Å². The predicted molar refractivity (Wildman–Crippen MR) is 73.3 cm³/mol. The van der Waals surface area contributed by atoms with Gasteiger partial charge in [-0.25, -0.2) is 0 Å². The molecule has 1 fully saturated rings. The van der Waals surface area contributed by atoms with Crippen LogP contribution in [0.5, 0.6) is 0 Å². The van der Waals surface area contributed by atoms with E-state index in [0.29, 0.717) is 0 Å². The summed E-state index contributed by atoms with van der Waals surface area (Å²) in [6, 6.07) is 0.322. The summed E-state index contributed by atoms with van der Waals surface area (Å²) in [5.74, 6) is -0.0209.